The average molecular weight is 631 g/mol. The smallest absolute Gasteiger partial charge is 0.408 e. The van der Waals surface area contributed by atoms with Gasteiger partial charge in [0.2, 0.25) is 11.5 Å². The van der Waals surface area contributed by atoms with Gasteiger partial charge in [-0.15, -0.1) is 0 Å². The Morgan fingerprint density at radius 3 is 2.49 bits per heavy atom. The van der Waals surface area contributed by atoms with Crippen molar-refractivity contribution >= 4 is 33.6 Å². The van der Waals surface area contributed by atoms with E-state index in [9.17, 15) is 14.7 Å². The number of hydrogen-bond donors (Lipinski definition) is 2. The quantitative estimate of drug-likeness (QED) is 0.299. The summed E-state index contributed by atoms with van der Waals surface area (Å²) in [6.45, 7) is 9.21. The van der Waals surface area contributed by atoms with Gasteiger partial charge in [0.25, 0.3) is 5.91 Å². The summed E-state index contributed by atoms with van der Waals surface area (Å²) in [6, 6.07) is 14.0. The van der Waals surface area contributed by atoms with Crippen molar-refractivity contribution in [2.45, 2.75) is 65.1 Å². The molecular formula is C30H36BrN3O7. The van der Waals surface area contributed by atoms with Crippen LogP contribution >= 0.6 is 15.9 Å². The topological polar surface area (TPSA) is 123 Å². The fraction of sp³-hybridized carbons (Fsp3) is 0.433. The maximum Gasteiger partial charge on any atom is 0.408 e. The van der Waals surface area contributed by atoms with Crippen molar-refractivity contribution in [1.29, 1.82) is 0 Å². The van der Waals surface area contributed by atoms with E-state index in [2.05, 4.69) is 26.2 Å². The Hall–Kier alpha value is -3.25. The molecule has 1 aromatic heterocycles. The van der Waals surface area contributed by atoms with E-state index in [1.54, 1.807) is 39.0 Å². The largest absolute Gasteiger partial charge is 0.444 e. The van der Waals surface area contributed by atoms with Gasteiger partial charge in [-0.2, -0.15) is 0 Å². The van der Waals surface area contributed by atoms with Crippen molar-refractivity contribution < 1.29 is 33.3 Å². The van der Waals surface area contributed by atoms with Crippen molar-refractivity contribution in [3.05, 3.63) is 81.5 Å². The van der Waals surface area contributed by atoms with Crippen LogP contribution in [0.25, 0.3) is 0 Å². The monoisotopic (exact) mass is 629 g/mol. The Balaban J connectivity index is 1.78. The van der Waals surface area contributed by atoms with Crippen molar-refractivity contribution in [3.8, 4) is 0 Å². The van der Waals surface area contributed by atoms with Crippen LogP contribution in [0.4, 0.5) is 10.5 Å². The van der Waals surface area contributed by atoms with Crippen LogP contribution in [0, 0.1) is 5.92 Å². The molecule has 220 valence electrons. The number of fused-ring (bicyclic) bond motifs is 1. The molecule has 2 N–H and O–H groups in total. The number of carbonyl (C=O) groups excluding carboxylic acids is 2. The van der Waals surface area contributed by atoms with Gasteiger partial charge in [-0.25, -0.2) is 9.78 Å². The van der Waals surface area contributed by atoms with Crippen molar-refractivity contribution in [2.24, 2.45) is 5.92 Å². The van der Waals surface area contributed by atoms with Crippen LogP contribution in [0.3, 0.4) is 0 Å². The number of amides is 2. The van der Waals surface area contributed by atoms with E-state index < -0.39 is 29.2 Å². The molecule has 2 amide bonds. The lowest BCUT2D eigenvalue weighted by molar-refractivity contribution is -0.134. The lowest BCUT2D eigenvalue weighted by atomic mass is 9.91. The van der Waals surface area contributed by atoms with Gasteiger partial charge in [0, 0.05) is 17.1 Å². The Morgan fingerprint density at radius 1 is 1.15 bits per heavy atom. The summed E-state index contributed by atoms with van der Waals surface area (Å²) < 4.78 is 23.5. The second kappa shape index (κ2) is 12.3. The second-order valence-corrected chi connectivity index (χ2v) is 12.0. The zero-order chi connectivity index (χ0) is 29.9. The van der Waals surface area contributed by atoms with Crippen molar-refractivity contribution in [3.63, 3.8) is 0 Å². The van der Waals surface area contributed by atoms with Gasteiger partial charge in [-0.05, 0) is 54.2 Å². The maximum atomic E-state index is 13.9. The first-order chi connectivity index (χ1) is 19.4. The number of alkyl carbamates (subject to hydrolysis) is 1. The minimum absolute atomic E-state index is 0.0613. The van der Waals surface area contributed by atoms with Crippen LogP contribution < -0.4 is 10.2 Å². The molecule has 1 aliphatic rings. The van der Waals surface area contributed by atoms with Crippen LogP contribution in [0.2, 0.25) is 0 Å². The zero-order valence-corrected chi connectivity index (χ0v) is 25.6. The molecule has 2 heterocycles. The maximum absolute atomic E-state index is 13.9. The van der Waals surface area contributed by atoms with E-state index in [-0.39, 0.29) is 43.2 Å². The van der Waals surface area contributed by atoms with Crippen LogP contribution in [-0.2, 0) is 37.8 Å². The molecular weight excluding hydrogens is 594 g/mol. The molecule has 3 aromatic rings. The summed E-state index contributed by atoms with van der Waals surface area (Å²) in [5, 5.41) is 15.0. The molecule has 0 radical (unpaired) electrons. The van der Waals surface area contributed by atoms with Crippen LogP contribution in [-0.4, -0.2) is 41.5 Å². The molecule has 0 bridgehead atoms. The number of aliphatic hydroxyl groups is 1. The Morgan fingerprint density at radius 2 is 1.85 bits per heavy atom. The first-order valence-corrected chi connectivity index (χ1v) is 14.1. The Labute approximate surface area is 248 Å². The van der Waals surface area contributed by atoms with Crippen LogP contribution in [0.1, 0.15) is 69.1 Å². The summed E-state index contributed by atoms with van der Waals surface area (Å²) in [4.78, 5) is 32.6. The van der Waals surface area contributed by atoms with E-state index in [1.807, 2.05) is 44.2 Å². The summed E-state index contributed by atoms with van der Waals surface area (Å²) >= 11 is 3.50. The summed E-state index contributed by atoms with van der Waals surface area (Å²) in [5.41, 5.74) is -0.988. The van der Waals surface area contributed by atoms with Crippen LogP contribution in [0.15, 0.2) is 57.4 Å². The summed E-state index contributed by atoms with van der Waals surface area (Å²) in [5.74, 6) is -0.802. The summed E-state index contributed by atoms with van der Waals surface area (Å²) in [7, 11) is 1.46. The number of nitrogens with one attached hydrogen (secondary N) is 1. The number of rotatable bonds is 10. The fourth-order valence-corrected chi connectivity index (χ4v) is 5.22. The molecule has 0 fully saturated rings. The Kier molecular flexibility index (Phi) is 9.22. The third-order valence-electron chi connectivity index (χ3n) is 6.46. The molecule has 2 atom stereocenters. The lowest BCUT2D eigenvalue weighted by Gasteiger charge is -2.24. The molecule has 0 spiro atoms. The number of anilines is 1. The highest BCUT2D eigenvalue weighted by molar-refractivity contribution is 9.10. The minimum Gasteiger partial charge on any atom is -0.444 e. The number of aromatic nitrogens is 1. The fourth-order valence-electron chi connectivity index (χ4n) is 4.64. The van der Waals surface area contributed by atoms with Gasteiger partial charge in [-0.1, -0.05) is 56.3 Å². The van der Waals surface area contributed by atoms with E-state index >= 15 is 0 Å². The van der Waals surface area contributed by atoms with Gasteiger partial charge in [0.05, 0.1) is 18.9 Å². The number of oxazole rings is 1. The number of nitrogens with zero attached hydrogens (tertiary/aromatic N) is 2. The average Bonchev–Trinajstić information content (AvgIpc) is 3.41. The number of carbonyl (C=O) groups is 2. The number of hydrogen-bond acceptors (Lipinski definition) is 8. The first kappa shape index (κ1) is 30.7. The molecule has 11 heteroatoms. The predicted molar refractivity (Wildman–Crippen MR) is 155 cm³/mol. The highest BCUT2D eigenvalue weighted by atomic mass is 79.9. The number of halogens is 1. The number of benzene rings is 2. The van der Waals surface area contributed by atoms with E-state index in [0.717, 1.165) is 5.56 Å². The highest BCUT2D eigenvalue weighted by Gasteiger charge is 2.56. The van der Waals surface area contributed by atoms with Gasteiger partial charge in [-0.3, -0.25) is 9.69 Å². The van der Waals surface area contributed by atoms with Gasteiger partial charge in [0.15, 0.2) is 5.76 Å². The number of methoxy groups -OCH3 is 1. The van der Waals surface area contributed by atoms with Crippen LogP contribution in [0.5, 0.6) is 0 Å². The van der Waals surface area contributed by atoms with Gasteiger partial charge in [0.1, 0.15) is 24.1 Å². The molecule has 0 saturated heterocycles. The van der Waals surface area contributed by atoms with Crippen molar-refractivity contribution in [1.82, 2.24) is 10.3 Å². The van der Waals surface area contributed by atoms with E-state index in [4.69, 9.17) is 18.6 Å². The number of para-hydroxylation sites is 1. The Bertz CT molecular complexity index is 1390. The molecule has 41 heavy (non-hydrogen) atoms. The van der Waals surface area contributed by atoms with Crippen molar-refractivity contribution in [2.75, 3.05) is 18.7 Å². The molecule has 2 aromatic carbocycles. The number of ether oxygens (including phenoxy) is 3. The second-order valence-electron chi connectivity index (χ2n) is 11.2. The van der Waals surface area contributed by atoms with Gasteiger partial charge < -0.3 is 29.1 Å². The molecule has 0 saturated carbocycles. The summed E-state index contributed by atoms with van der Waals surface area (Å²) in [6.07, 6.45) is -0.644. The molecule has 0 aliphatic carbocycles. The standard InChI is InChI=1S/C30H36BrN3O7/c1-18(2)23(33-28(36)41-29(3,4)5)26-32-22(16-39-15-19-11-8-7-9-12-19)25(40-26)30(37)20-13-10-14-21(31)24(20)34(17-38-6)27(30)35/h7-14,18,23,37H,15-17H2,1-6H3,(H,33,36)/t23-,30?/m0/s1. The zero-order valence-electron chi connectivity index (χ0n) is 24.1. The highest BCUT2D eigenvalue weighted by Crippen LogP contribution is 2.49. The lowest BCUT2D eigenvalue weighted by Crippen LogP contribution is -2.42. The molecule has 1 aliphatic heterocycles. The molecule has 10 nitrogen and oxygen atoms in total. The third kappa shape index (κ3) is 6.48. The normalized spacial score (nSPS) is 17.6. The van der Waals surface area contributed by atoms with E-state index in [0.29, 0.717) is 15.7 Å². The molecule has 1 unspecified atom stereocenters. The first-order valence-electron chi connectivity index (χ1n) is 13.3. The third-order valence-corrected chi connectivity index (χ3v) is 7.10. The SMILES string of the molecule is COCN1C(=O)C(O)(c2oc([C@@H](NC(=O)OC(C)(C)C)C(C)C)nc2COCc2ccccc2)c2cccc(Br)c21. The van der Waals surface area contributed by atoms with E-state index in [1.165, 1.54) is 12.0 Å². The van der Waals surface area contributed by atoms with Gasteiger partial charge >= 0.3 is 6.09 Å². The minimum atomic E-state index is -2.22. The predicted octanol–water partition coefficient (Wildman–Crippen LogP) is 5.56. The molecule has 4 rings (SSSR count).